The standard InChI is InChI=1S/C15H24N2OS/c1-3-8-13-14(11-18)19-15(16-13)17(2)12-9-6-4-5-7-10-12/h11-12H,3-10H2,1-2H3. The molecule has 3 nitrogen and oxygen atoms in total. The van der Waals surface area contributed by atoms with Crippen LogP contribution < -0.4 is 4.90 Å². The fraction of sp³-hybridized carbons (Fsp3) is 0.733. The lowest BCUT2D eigenvalue weighted by Crippen LogP contribution is -2.30. The van der Waals surface area contributed by atoms with Gasteiger partial charge in [-0.05, 0) is 19.3 Å². The number of rotatable bonds is 5. The quantitative estimate of drug-likeness (QED) is 0.602. The van der Waals surface area contributed by atoms with E-state index in [0.717, 1.165) is 34.8 Å². The molecule has 0 radical (unpaired) electrons. The number of hydrogen-bond donors (Lipinski definition) is 0. The van der Waals surface area contributed by atoms with Crippen LogP contribution in [0.15, 0.2) is 0 Å². The van der Waals surface area contributed by atoms with E-state index >= 15 is 0 Å². The zero-order valence-electron chi connectivity index (χ0n) is 12.0. The predicted octanol–water partition coefficient (Wildman–Crippen LogP) is 4.07. The van der Waals surface area contributed by atoms with Gasteiger partial charge in [-0.15, -0.1) is 0 Å². The Morgan fingerprint density at radius 3 is 2.58 bits per heavy atom. The number of carbonyl (C=O) groups is 1. The van der Waals surface area contributed by atoms with Crippen LogP contribution in [0.2, 0.25) is 0 Å². The van der Waals surface area contributed by atoms with Crippen molar-refractivity contribution in [2.24, 2.45) is 0 Å². The first kappa shape index (κ1) is 14.5. The third-order valence-electron chi connectivity index (χ3n) is 3.98. The first-order valence-corrected chi connectivity index (χ1v) is 8.25. The summed E-state index contributed by atoms with van der Waals surface area (Å²) in [5.41, 5.74) is 0.984. The molecule has 4 heteroatoms. The fourth-order valence-corrected chi connectivity index (χ4v) is 3.77. The van der Waals surface area contributed by atoms with Gasteiger partial charge in [-0.3, -0.25) is 4.79 Å². The number of aryl methyl sites for hydroxylation is 1. The summed E-state index contributed by atoms with van der Waals surface area (Å²) in [5, 5.41) is 1.03. The molecule has 0 amide bonds. The Morgan fingerprint density at radius 1 is 1.32 bits per heavy atom. The number of carbonyl (C=O) groups excluding carboxylic acids is 1. The van der Waals surface area contributed by atoms with Gasteiger partial charge in [0.25, 0.3) is 0 Å². The van der Waals surface area contributed by atoms with Crippen molar-refractivity contribution >= 4 is 22.8 Å². The molecule has 1 aliphatic rings. The molecule has 1 aromatic heterocycles. The molecule has 106 valence electrons. The fourth-order valence-electron chi connectivity index (χ4n) is 2.81. The third-order valence-corrected chi connectivity index (χ3v) is 5.10. The average molecular weight is 280 g/mol. The SMILES string of the molecule is CCCc1nc(N(C)C2CCCCCC2)sc1C=O. The largest absolute Gasteiger partial charge is 0.348 e. The highest BCUT2D eigenvalue weighted by atomic mass is 32.1. The van der Waals surface area contributed by atoms with Crippen LogP contribution in [-0.4, -0.2) is 24.4 Å². The Labute approximate surface area is 120 Å². The topological polar surface area (TPSA) is 33.2 Å². The smallest absolute Gasteiger partial charge is 0.186 e. The number of aromatic nitrogens is 1. The van der Waals surface area contributed by atoms with E-state index in [1.807, 2.05) is 0 Å². The normalized spacial score (nSPS) is 17.2. The second-order valence-corrected chi connectivity index (χ2v) is 6.44. The maximum Gasteiger partial charge on any atom is 0.186 e. The maximum atomic E-state index is 11.1. The average Bonchev–Trinajstić information content (AvgIpc) is 2.64. The molecule has 0 N–H and O–H groups in total. The molecule has 0 saturated heterocycles. The molecule has 0 atom stereocenters. The van der Waals surface area contributed by atoms with E-state index in [1.54, 1.807) is 11.3 Å². The zero-order valence-corrected chi connectivity index (χ0v) is 12.8. The second-order valence-electron chi connectivity index (χ2n) is 5.43. The van der Waals surface area contributed by atoms with Gasteiger partial charge >= 0.3 is 0 Å². The molecule has 0 spiro atoms. The lowest BCUT2D eigenvalue weighted by molar-refractivity contribution is 0.112. The van der Waals surface area contributed by atoms with Gasteiger partial charge in [0.2, 0.25) is 0 Å². The third kappa shape index (κ3) is 3.56. The molecule has 1 aromatic rings. The van der Waals surface area contributed by atoms with E-state index in [2.05, 4.69) is 23.9 Å². The highest BCUT2D eigenvalue weighted by Gasteiger charge is 2.21. The predicted molar refractivity (Wildman–Crippen MR) is 81.4 cm³/mol. The lowest BCUT2D eigenvalue weighted by Gasteiger charge is -2.26. The first-order chi connectivity index (χ1) is 9.26. The minimum absolute atomic E-state index is 0.600. The number of anilines is 1. The first-order valence-electron chi connectivity index (χ1n) is 7.44. The van der Waals surface area contributed by atoms with Crippen LogP contribution in [-0.2, 0) is 6.42 Å². The number of thiazole rings is 1. The monoisotopic (exact) mass is 280 g/mol. The van der Waals surface area contributed by atoms with E-state index < -0.39 is 0 Å². The van der Waals surface area contributed by atoms with Crippen molar-refractivity contribution < 1.29 is 4.79 Å². The Hall–Kier alpha value is -0.900. The molecular formula is C15H24N2OS. The van der Waals surface area contributed by atoms with Gasteiger partial charge in [-0.25, -0.2) is 4.98 Å². The molecule has 1 fully saturated rings. The van der Waals surface area contributed by atoms with E-state index in [1.165, 1.54) is 38.5 Å². The molecule has 0 bridgehead atoms. The molecule has 0 aliphatic heterocycles. The summed E-state index contributed by atoms with van der Waals surface area (Å²) in [4.78, 5) is 18.9. The Kier molecular flexibility index (Phi) is 5.37. The van der Waals surface area contributed by atoms with Crippen LogP contribution in [0.3, 0.4) is 0 Å². The number of nitrogens with zero attached hydrogens (tertiary/aromatic N) is 2. The highest BCUT2D eigenvalue weighted by molar-refractivity contribution is 7.17. The van der Waals surface area contributed by atoms with Crippen molar-refractivity contribution in [3.8, 4) is 0 Å². The summed E-state index contributed by atoms with van der Waals surface area (Å²) in [6, 6.07) is 0.600. The molecule has 0 aromatic carbocycles. The van der Waals surface area contributed by atoms with Crippen molar-refractivity contribution in [1.29, 1.82) is 0 Å². The summed E-state index contributed by atoms with van der Waals surface area (Å²) >= 11 is 1.55. The van der Waals surface area contributed by atoms with Crippen molar-refractivity contribution in [2.45, 2.75) is 64.3 Å². The Balaban J connectivity index is 2.13. The minimum atomic E-state index is 0.600. The summed E-state index contributed by atoms with van der Waals surface area (Å²) in [6.07, 6.45) is 10.8. The molecule has 1 aliphatic carbocycles. The van der Waals surface area contributed by atoms with Gasteiger partial charge in [-0.2, -0.15) is 0 Å². The number of aldehydes is 1. The molecule has 1 heterocycles. The van der Waals surface area contributed by atoms with E-state index in [4.69, 9.17) is 0 Å². The summed E-state index contributed by atoms with van der Waals surface area (Å²) < 4.78 is 0. The van der Waals surface area contributed by atoms with Gasteiger partial charge < -0.3 is 4.90 Å². The molecule has 1 saturated carbocycles. The lowest BCUT2D eigenvalue weighted by atomic mass is 10.1. The van der Waals surface area contributed by atoms with Crippen LogP contribution in [0.5, 0.6) is 0 Å². The van der Waals surface area contributed by atoms with Crippen molar-refractivity contribution in [2.75, 3.05) is 11.9 Å². The minimum Gasteiger partial charge on any atom is -0.348 e. The van der Waals surface area contributed by atoms with Crippen LogP contribution in [0, 0.1) is 0 Å². The van der Waals surface area contributed by atoms with E-state index in [-0.39, 0.29) is 0 Å². The summed E-state index contributed by atoms with van der Waals surface area (Å²) in [7, 11) is 2.14. The van der Waals surface area contributed by atoms with Crippen LogP contribution in [0.1, 0.15) is 67.2 Å². The Bertz CT molecular complexity index is 408. The van der Waals surface area contributed by atoms with Crippen LogP contribution in [0.25, 0.3) is 0 Å². The van der Waals surface area contributed by atoms with Gasteiger partial charge in [0.1, 0.15) is 0 Å². The van der Waals surface area contributed by atoms with E-state index in [9.17, 15) is 4.79 Å². The van der Waals surface area contributed by atoms with Gasteiger partial charge in [0.15, 0.2) is 11.4 Å². The molecular weight excluding hydrogens is 256 g/mol. The van der Waals surface area contributed by atoms with Crippen molar-refractivity contribution in [3.05, 3.63) is 10.6 Å². The molecule has 2 rings (SSSR count). The van der Waals surface area contributed by atoms with Gasteiger partial charge in [-0.1, -0.05) is 50.4 Å². The summed E-state index contributed by atoms with van der Waals surface area (Å²) in [6.45, 7) is 2.13. The molecule has 0 unspecified atom stereocenters. The van der Waals surface area contributed by atoms with Crippen molar-refractivity contribution in [3.63, 3.8) is 0 Å². The molecule has 19 heavy (non-hydrogen) atoms. The highest BCUT2D eigenvalue weighted by Crippen LogP contribution is 2.30. The number of hydrogen-bond acceptors (Lipinski definition) is 4. The Morgan fingerprint density at radius 2 is 2.00 bits per heavy atom. The van der Waals surface area contributed by atoms with Crippen molar-refractivity contribution in [1.82, 2.24) is 4.98 Å². The van der Waals surface area contributed by atoms with Gasteiger partial charge in [0, 0.05) is 13.1 Å². The van der Waals surface area contributed by atoms with Gasteiger partial charge in [0.05, 0.1) is 10.6 Å². The van der Waals surface area contributed by atoms with Crippen LogP contribution >= 0.6 is 11.3 Å². The van der Waals surface area contributed by atoms with E-state index in [0.29, 0.717) is 6.04 Å². The van der Waals surface area contributed by atoms with Crippen LogP contribution in [0.4, 0.5) is 5.13 Å². The zero-order chi connectivity index (χ0) is 13.7. The maximum absolute atomic E-state index is 11.1. The second kappa shape index (κ2) is 7.04. The summed E-state index contributed by atoms with van der Waals surface area (Å²) in [5.74, 6) is 0.